The van der Waals surface area contributed by atoms with E-state index in [1.807, 2.05) is 30.3 Å². The average molecular weight is 466 g/mol. The molecule has 1 aliphatic rings. The molecule has 2 N–H and O–H groups in total. The summed E-state index contributed by atoms with van der Waals surface area (Å²) in [6.45, 7) is 6.77. The van der Waals surface area contributed by atoms with Gasteiger partial charge in [0.15, 0.2) is 0 Å². The van der Waals surface area contributed by atoms with E-state index < -0.39 is 29.5 Å². The van der Waals surface area contributed by atoms with Crippen LogP contribution >= 0.6 is 0 Å². The number of nitrogens with one attached hydrogen (secondary N) is 2. The lowest BCUT2D eigenvalue weighted by Crippen LogP contribution is -2.46. The summed E-state index contributed by atoms with van der Waals surface area (Å²) in [6.07, 6.45) is 5.93. The number of allylic oxidation sites excluding steroid dienone is 3. The Hall–Kier alpha value is -3.74. The van der Waals surface area contributed by atoms with Gasteiger partial charge in [0.1, 0.15) is 17.7 Å². The molecule has 3 rings (SSSR count). The first-order valence-corrected chi connectivity index (χ1v) is 11.3. The number of amides is 2. The molecule has 0 saturated carbocycles. The summed E-state index contributed by atoms with van der Waals surface area (Å²) in [4.78, 5) is 28.2. The van der Waals surface area contributed by atoms with E-state index in [0.29, 0.717) is 5.69 Å². The van der Waals surface area contributed by atoms with Crippen LogP contribution in [0, 0.1) is 5.82 Å². The van der Waals surface area contributed by atoms with E-state index in [-0.39, 0.29) is 12.0 Å². The van der Waals surface area contributed by atoms with E-state index in [1.165, 1.54) is 18.2 Å². The summed E-state index contributed by atoms with van der Waals surface area (Å²) in [5.41, 5.74) is 1.59. The van der Waals surface area contributed by atoms with E-state index in [2.05, 4.69) is 22.1 Å². The third kappa shape index (κ3) is 6.41. The predicted octanol–water partition coefficient (Wildman–Crippen LogP) is 5.08. The van der Waals surface area contributed by atoms with Crippen LogP contribution in [0.4, 0.5) is 20.2 Å². The van der Waals surface area contributed by atoms with Crippen LogP contribution in [-0.4, -0.2) is 30.9 Å². The topological polar surface area (TPSA) is 61.4 Å². The molecular weight excluding hydrogens is 436 g/mol. The van der Waals surface area contributed by atoms with Gasteiger partial charge < -0.3 is 15.5 Å². The Morgan fingerprint density at radius 2 is 1.85 bits per heavy atom. The summed E-state index contributed by atoms with van der Waals surface area (Å²) in [5.74, 6) is -2.53. The third-order valence-electron chi connectivity index (χ3n) is 5.59. The molecule has 2 aromatic carbocycles. The monoisotopic (exact) mass is 465 g/mol. The Morgan fingerprint density at radius 3 is 2.50 bits per heavy atom. The molecule has 1 atom stereocenters. The summed E-state index contributed by atoms with van der Waals surface area (Å²) in [5, 5.41) is 5.40. The first-order chi connectivity index (χ1) is 16.4. The van der Waals surface area contributed by atoms with E-state index in [4.69, 9.17) is 0 Å². The number of rotatable bonds is 9. The molecule has 5 nitrogen and oxygen atoms in total. The van der Waals surface area contributed by atoms with E-state index in [9.17, 15) is 18.4 Å². The van der Waals surface area contributed by atoms with Gasteiger partial charge in [0, 0.05) is 19.5 Å². The zero-order valence-electron chi connectivity index (χ0n) is 19.2. The molecule has 34 heavy (non-hydrogen) atoms. The molecule has 0 aromatic heterocycles. The third-order valence-corrected chi connectivity index (χ3v) is 5.59. The summed E-state index contributed by atoms with van der Waals surface area (Å²) in [6, 6.07) is 12.4. The Labute approximate surface area is 198 Å². The smallest absolute Gasteiger partial charge is 0.254 e. The number of benzene rings is 2. The lowest BCUT2D eigenvalue weighted by atomic mass is 10.0. The number of halogens is 2. The van der Waals surface area contributed by atoms with Crippen LogP contribution in [0.25, 0.3) is 0 Å². The highest BCUT2D eigenvalue weighted by Gasteiger charge is 2.25. The van der Waals surface area contributed by atoms with Gasteiger partial charge in [-0.15, -0.1) is 0 Å². The summed E-state index contributed by atoms with van der Waals surface area (Å²) in [7, 11) is 0. The van der Waals surface area contributed by atoms with Crippen LogP contribution in [0.1, 0.15) is 25.3 Å². The molecule has 0 bridgehead atoms. The maximum atomic E-state index is 14.3. The largest absolute Gasteiger partial charge is 0.370 e. The molecule has 1 aliphatic heterocycles. The van der Waals surface area contributed by atoms with E-state index in [0.717, 1.165) is 49.3 Å². The van der Waals surface area contributed by atoms with Gasteiger partial charge in [-0.05, 0) is 49.6 Å². The standard InChI is InChI=1S/C27H29F2N3O2/c1-3-10-22(29)21(4-2)26(33)31-24(17-19-11-6-5-7-12-19)27(34)30-23-18-20(28)13-14-25(23)32-15-8-9-16-32/h3-7,10-14,18,24H,2,8-9,15-17H2,1H3,(H,30,34)(H,31,33)/b10-3-,22-21-. The second-order valence-electron chi connectivity index (χ2n) is 8.03. The molecule has 0 spiro atoms. The SMILES string of the molecule is C=C/C(C(=O)NC(Cc1ccccc1)C(=O)Nc1cc(F)ccc1N1CCCC1)=C(F)\C=C/C. The first kappa shape index (κ1) is 24.9. The number of carbonyl (C=O) groups excluding carboxylic acids is 2. The molecule has 0 radical (unpaired) electrons. The highest BCUT2D eigenvalue weighted by Crippen LogP contribution is 2.30. The molecule has 0 aliphatic carbocycles. The van der Waals surface area contributed by atoms with Gasteiger partial charge in [0.2, 0.25) is 5.91 Å². The molecule has 1 fully saturated rings. The van der Waals surface area contributed by atoms with Gasteiger partial charge in [-0.2, -0.15) is 0 Å². The Morgan fingerprint density at radius 1 is 1.15 bits per heavy atom. The van der Waals surface area contributed by atoms with Crippen LogP contribution in [0.2, 0.25) is 0 Å². The fraction of sp³-hybridized carbons (Fsp3) is 0.259. The Balaban J connectivity index is 1.88. The van der Waals surface area contributed by atoms with Gasteiger partial charge in [0.05, 0.1) is 16.9 Å². The molecular formula is C27H29F2N3O2. The van der Waals surface area contributed by atoms with E-state index in [1.54, 1.807) is 13.0 Å². The van der Waals surface area contributed by atoms with Crippen LogP contribution < -0.4 is 15.5 Å². The van der Waals surface area contributed by atoms with Crippen molar-refractivity contribution in [3.05, 3.63) is 96.1 Å². The number of anilines is 2. The van der Waals surface area contributed by atoms with Gasteiger partial charge in [-0.3, -0.25) is 9.59 Å². The number of hydrogen-bond acceptors (Lipinski definition) is 3. The van der Waals surface area contributed by atoms with Gasteiger partial charge in [-0.25, -0.2) is 8.78 Å². The van der Waals surface area contributed by atoms with Crippen molar-refractivity contribution in [1.29, 1.82) is 0 Å². The maximum absolute atomic E-state index is 14.3. The van der Waals surface area contributed by atoms with Crippen LogP contribution in [-0.2, 0) is 16.0 Å². The predicted molar refractivity (Wildman–Crippen MR) is 132 cm³/mol. The van der Waals surface area contributed by atoms with Crippen molar-refractivity contribution in [2.75, 3.05) is 23.3 Å². The van der Waals surface area contributed by atoms with Gasteiger partial charge in [-0.1, -0.05) is 49.1 Å². The second-order valence-corrected chi connectivity index (χ2v) is 8.03. The zero-order chi connectivity index (χ0) is 24.5. The molecule has 1 heterocycles. The van der Waals surface area contributed by atoms with Crippen molar-refractivity contribution >= 4 is 23.2 Å². The Kier molecular flexibility index (Phi) is 8.73. The van der Waals surface area contributed by atoms with Crippen molar-refractivity contribution in [2.24, 2.45) is 0 Å². The molecule has 178 valence electrons. The van der Waals surface area contributed by atoms with Crippen molar-refractivity contribution in [3.63, 3.8) is 0 Å². The maximum Gasteiger partial charge on any atom is 0.254 e. The quantitative estimate of drug-likeness (QED) is 0.401. The van der Waals surface area contributed by atoms with Crippen molar-refractivity contribution < 1.29 is 18.4 Å². The highest BCUT2D eigenvalue weighted by molar-refractivity contribution is 6.03. The van der Waals surface area contributed by atoms with Crippen LogP contribution in [0.5, 0.6) is 0 Å². The number of carbonyl (C=O) groups is 2. The van der Waals surface area contributed by atoms with Gasteiger partial charge >= 0.3 is 0 Å². The van der Waals surface area contributed by atoms with Crippen LogP contribution in [0.15, 0.2) is 84.7 Å². The lowest BCUT2D eigenvalue weighted by Gasteiger charge is -2.24. The normalized spacial score (nSPS) is 15.1. The molecule has 1 saturated heterocycles. The molecule has 2 amide bonds. The van der Waals surface area contributed by atoms with Crippen LogP contribution in [0.3, 0.4) is 0 Å². The minimum absolute atomic E-state index is 0.169. The lowest BCUT2D eigenvalue weighted by molar-refractivity contribution is -0.124. The van der Waals surface area contributed by atoms with E-state index >= 15 is 0 Å². The summed E-state index contributed by atoms with van der Waals surface area (Å²) >= 11 is 0. The van der Waals surface area contributed by atoms with Crippen molar-refractivity contribution in [1.82, 2.24) is 5.32 Å². The Bertz CT molecular complexity index is 1090. The molecule has 7 heteroatoms. The van der Waals surface area contributed by atoms with Crippen molar-refractivity contribution in [3.8, 4) is 0 Å². The van der Waals surface area contributed by atoms with Crippen molar-refractivity contribution in [2.45, 2.75) is 32.2 Å². The molecule has 1 unspecified atom stereocenters. The van der Waals surface area contributed by atoms with Gasteiger partial charge in [0.25, 0.3) is 5.91 Å². The average Bonchev–Trinajstić information content (AvgIpc) is 3.35. The molecule has 2 aromatic rings. The minimum atomic E-state index is -1.03. The number of nitrogens with zero attached hydrogens (tertiary/aromatic N) is 1. The number of hydrogen-bond donors (Lipinski definition) is 2. The fourth-order valence-corrected chi connectivity index (χ4v) is 3.89. The second kappa shape index (κ2) is 11.9. The fourth-order valence-electron chi connectivity index (χ4n) is 3.89. The zero-order valence-corrected chi connectivity index (χ0v) is 19.2. The summed E-state index contributed by atoms with van der Waals surface area (Å²) < 4.78 is 28.4. The highest BCUT2D eigenvalue weighted by atomic mass is 19.1. The minimum Gasteiger partial charge on any atom is -0.370 e. The first-order valence-electron chi connectivity index (χ1n) is 11.3.